The first kappa shape index (κ1) is 19.6. The van der Waals surface area contributed by atoms with Crippen LogP contribution in [0.3, 0.4) is 0 Å². The summed E-state index contributed by atoms with van der Waals surface area (Å²) in [6.45, 7) is 4.07. The van der Waals surface area contributed by atoms with Gasteiger partial charge in [0.05, 0.1) is 5.56 Å². The number of hydrogen-bond donors (Lipinski definition) is 2. The van der Waals surface area contributed by atoms with Crippen LogP contribution in [0.4, 0.5) is 0 Å². The summed E-state index contributed by atoms with van der Waals surface area (Å²) in [6, 6.07) is 22.8. The lowest BCUT2D eigenvalue weighted by Crippen LogP contribution is -2.46. The van der Waals surface area contributed by atoms with E-state index in [1.54, 1.807) is 0 Å². The Hall–Kier alpha value is -3.66. The van der Waals surface area contributed by atoms with E-state index in [1.165, 1.54) is 5.56 Å². The molecule has 0 unspecified atom stereocenters. The highest BCUT2D eigenvalue weighted by Gasteiger charge is 2.22. The second-order valence-corrected chi connectivity index (χ2v) is 7.74. The van der Waals surface area contributed by atoms with Gasteiger partial charge in [-0.25, -0.2) is 0 Å². The molecule has 0 aliphatic rings. The molecule has 0 aliphatic heterocycles. The number of nitrogens with one attached hydrogen (secondary N) is 1. The zero-order chi connectivity index (χ0) is 21.3. The van der Waals surface area contributed by atoms with Gasteiger partial charge in [-0.1, -0.05) is 66.7 Å². The number of amides is 2. The molecular formula is C26H24N2O2. The standard InChI is InChI=1S/C26H24N2O2/c1-16-11-12-18(13-17(16)2)14-23(25(27)29)28-26(30)24-21-9-5-3-7-19(21)15-20-8-4-6-10-22(20)24/h3-13,15,23H,14H2,1-2H3,(H2,27,29)(H,28,30)/t23-/m0/s1. The summed E-state index contributed by atoms with van der Waals surface area (Å²) >= 11 is 0. The van der Waals surface area contributed by atoms with E-state index in [0.29, 0.717) is 12.0 Å². The van der Waals surface area contributed by atoms with Crippen molar-refractivity contribution in [2.75, 3.05) is 0 Å². The highest BCUT2D eigenvalue weighted by molar-refractivity contribution is 6.18. The van der Waals surface area contributed by atoms with Gasteiger partial charge in [0.15, 0.2) is 0 Å². The number of carbonyl (C=O) groups excluding carboxylic acids is 2. The van der Waals surface area contributed by atoms with Gasteiger partial charge in [0, 0.05) is 6.42 Å². The van der Waals surface area contributed by atoms with E-state index in [0.717, 1.165) is 32.7 Å². The summed E-state index contributed by atoms with van der Waals surface area (Å²) < 4.78 is 0. The van der Waals surface area contributed by atoms with E-state index < -0.39 is 11.9 Å². The summed E-state index contributed by atoms with van der Waals surface area (Å²) in [7, 11) is 0. The molecular weight excluding hydrogens is 372 g/mol. The highest BCUT2D eigenvalue weighted by Crippen LogP contribution is 2.28. The van der Waals surface area contributed by atoms with Gasteiger partial charge in [-0.2, -0.15) is 0 Å². The maximum Gasteiger partial charge on any atom is 0.253 e. The van der Waals surface area contributed by atoms with Crippen LogP contribution >= 0.6 is 0 Å². The van der Waals surface area contributed by atoms with E-state index in [2.05, 4.69) is 11.4 Å². The average molecular weight is 396 g/mol. The molecule has 2 amide bonds. The number of carbonyl (C=O) groups is 2. The molecule has 0 saturated heterocycles. The first-order chi connectivity index (χ1) is 14.4. The summed E-state index contributed by atoms with van der Waals surface area (Å²) in [4.78, 5) is 25.5. The highest BCUT2D eigenvalue weighted by atomic mass is 16.2. The number of benzene rings is 4. The summed E-state index contributed by atoms with van der Waals surface area (Å²) in [6.07, 6.45) is 0.352. The van der Waals surface area contributed by atoms with E-state index in [1.807, 2.05) is 80.6 Å². The molecule has 0 heterocycles. The van der Waals surface area contributed by atoms with Crippen molar-refractivity contribution in [1.82, 2.24) is 5.32 Å². The van der Waals surface area contributed by atoms with Gasteiger partial charge in [0.25, 0.3) is 5.91 Å². The van der Waals surface area contributed by atoms with Crippen LogP contribution in [-0.4, -0.2) is 17.9 Å². The predicted molar refractivity (Wildman–Crippen MR) is 122 cm³/mol. The number of aryl methyl sites for hydroxylation is 2. The SMILES string of the molecule is Cc1ccc(C[C@H](NC(=O)c2c3ccccc3cc3ccccc23)C(N)=O)cc1C. The second-order valence-electron chi connectivity index (χ2n) is 7.74. The van der Waals surface area contributed by atoms with Gasteiger partial charge in [0.2, 0.25) is 5.91 Å². The molecule has 1 atom stereocenters. The van der Waals surface area contributed by atoms with Crippen molar-refractivity contribution < 1.29 is 9.59 Å². The Kier molecular flexibility index (Phi) is 5.23. The Morgan fingerprint density at radius 3 is 2.00 bits per heavy atom. The Bertz CT molecular complexity index is 1220. The fraction of sp³-hybridized carbons (Fsp3) is 0.154. The first-order valence-corrected chi connectivity index (χ1v) is 10.0. The maximum absolute atomic E-state index is 13.4. The van der Waals surface area contributed by atoms with Crippen molar-refractivity contribution in [2.24, 2.45) is 5.73 Å². The lowest BCUT2D eigenvalue weighted by molar-refractivity contribution is -0.119. The van der Waals surface area contributed by atoms with Crippen LogP contribution in [0, 0.1) is 13.8 Å². The largest absolute Gasteiger partial charge is 0.368 e. The molecule has 4 nitrogen and oxygen atoms in total. The number of nitrogens with two attached hydrogens (primary N) is 1. The molecule has 0 aliphatic carbocycles. The Labute approximate surface area is 175 Å². The quantitative estimate of drug-likeness (QED) is 0.490. The molecule has 0 radical (unpaired) electrons. The number of rotatable bonds is 5. The Morgan fingerprint density at radius 1 is 0.833 bits per heavy atom. The summed E-state index contributed by atoms with van der Waals surface area (Å²) in [5, 5.41) is 6.54. The van der Waals surface area contributed by atoms with E-state index in [4.69, 9.17) is 5.73 Å². The summed E-state index contributed by atoms with van der Waals surface area (Å²) in [5.41, 5.74) is 9.50. The van der Waals surface area contributed by atoms with Crippen molar-refractivity contribution in [1.29, 1.82) is 0 Å². The third-order valence-corrected chi connectivity index (χ3v) is 5.66. The monoisotopic (exact) mass is 396 g/mol. The van der Waals surface area contributed by atoms with Crippen LogP contribution in [0.15, 0.2) is 72.8 Å². The van der Waals surface area contributed by atoms with Crippen LogP contribution in [-0.2, 0) is 11.2 Å². The smallest absolute Gasteiger partial charge is 0.253 e. The van der Waals surface area contributed by atoms with Crippen molar-refractivity contribution in [3.05, 3.63) is 95.1 Å². The predicted octanol–water partition coefficient (Wildman–Crippen LogP) is 4.44. The van der Waals surface area contributed by atoms with Crippen LogP contribution in [0.5, 0.6) is 0 Å². The van der Waals surface area contributed by atoms with Gasteiger partial charge < -0.3 is 11.1 Å². The normalized spacial score (nSPS) is 12.1. The minimum atomic E-state index is -0.794. The van der Waals surface area contributed by atoms with Gasteiger partial charge in [0.1, 0.15) is 6.04 Å². The topological polar surface area (TPSA) is 72.2 Å². The summed E-state index contributed by atoms with van der Waals surface area (Å²) in [5.74, 6) is -0.846. The van der Waals surface area contributed by atoms with Gasteiger partial charge >= 0.3 is 0 Å². The molecule has 0 aromatic heterocycles. The molecule has 0 spiro atoms. The van der Waals surface area contributed by atoms with Crippen LogP contribution in [0.25, 0.3) is 21.5 Å². The third-order valence-electron chi connectivity index (χ3n) is 5.66. The van der Waals surface area contributed by atoms with E-state index >= 15 is 0 Å². The van der Waals surface area contributed by atoms with Crippen molar-refractivity contribution in [3.63, 3.8) is 0 Å². The first-order valence-electron chi connectivity index (χ1n) is 10.0. The molecule has 4 rings (SSSR count). The molecule has 150 valence electrons. The minimum absolute atomic E-state index is 0.296. The number of hydrogen-bond acceptors (Lipinski definition) is 2. The fourth-order valence-electron chi connectivity index (χ4n) is 3.88. The van der Waals surface area contributed by atoms with Gasteiger partial charge in [-0.15, -0.1) is 0 Å². The molecule has 4 aromatic carbocycles. The number of fused-ring (bicyclic) bond motifs is 2. The molecule has 0 bridgehead atoms. The molecule has 0 fully saturated rings. The second kappa shape index (κ2) is 7.99. The number of primary amides is 1. The third kappa shape index (κ3) is 3.77. The molecule has 3 N–H and O–H groups in total. The molecule has 30 heavy (non-hydrogen) atoms. The zero-order valence-electron chi connectivity index (χ0n) is 17.1. The fourth-order valence-corrected chi connectivity index (χ4v) is 3.88. The lowest BCUT2D eigenvalue weighted by Gasteiger charge is -2.18. The zero-order valence-corrected chi connectivity index (χ0v) is 17.1. The minimum Gasteiger partial charge on any atom is -0.368 e. The van der Waals surface area contributed by atoms with Crippen molar-refractivity contribution in [2.45, 2.75) is 26.3 Å². The van der Waals surface area contributed by atoms with Crippen LogP contribution < -0.4 is 11.1 Å². The van der Waals surface area contributed by atoms with Crippen LogP contribution in [0.1, 0.15) is 27.0 Å². The van der Waals surface area contributed by atoms with Crippen molar-refractivity contribution in [3.8, 4) is 0 Å². The van der Waals surface area contributed by atoms with Gasteiger partial charge in [-0.05, 0) is 58.1 Å². The van der Waals surface area contributed by atoms with Gasteiger partial charge in [-0.3, -0.25) is 9.59 Å². The molecule has 4 aromatic rings. The maximum atomic E-state index is 13.4. The van der Waals surface area contributed by atoms with Crippen molar-refractivity contribution >= 4 is 33.4 Å². The van der Waals surface area contributed by atoms with E-state index in [9.17, 15) is 9.59 Å². The molecule has 4 heteroatoms. The van der Waals surface area contributed by atoms with E-state index in [-0.39, 0.29) is 5.91 Å². The lowest BCUT2D eigenvalue weighted by atomic mass is 9.95. The Morgan fingerprint density at radius 2 is 1.43 bits per heavy atom. The molecule has 0 saturated carbocycles. The van der Waals surface area contributed by atoms with Crippen LogP contribution in [0.2, 0.25) is 0 Å². The average Bonchev–Trinajstić information content (AvgIpc) is 2.73. The Balaban J connectivity index is 1.73.